The summed E-state index contributed by atoms with van der Waals surface area (Å²) in [6.45, 7) is 4.26. The number of aliphatic hydroxyl groups is 1. The molecule has 1 rings (SSSR count). The Bertz CT molecular complexity index is 344. The summed E-state index contributed by atoms with van der Waals surface area (Å²) in [4.78, 5) is 4.08. The summed E-state index contributed by atoms with van der Waals surface area (Å²) in [7, 11) is 0. The molecule has 1 aromatic heterocycles. The average Bonchev–Trinajstić information content (AvgIpc) is 2.17. The van der Waals surface area contributed by atoms with Crippen LogP contribution in [-0.2, 0) is 0 Å². The number of halogens is 2. The van der Waals surface area contributed by atoms with Crippen molar-refractivity contribution in [2.45, 2.75) is 39.2 Å². The van der Waals surface area contributed by atoms with Crippen molar-refractivity contribution in [2.75, 3.05) is 0 Å². The molecule has 0 saturated carbocycles. The van der Waals surface area contributed by atoms with Gasteiger partial charge >= 0.3 is 0 Å². The summed E-state index contributed by atoms with van der Waals surface area (Å²) >= 11 is 11.7. The molecule has 0 aliphatic carbocycles. The molecule has 1 aromatic rings. The molecule has 0 bridgehead atoms. The molecule has 0 aliphatic heterocycles. The molecule has 0 aliphatic rings. The lowest BCUT2D eigenvalue weighted by atomic mass is 9.97. The van der Waals surface area contributed by atoms with E-state index in [9.17, 15) is 5.11 Å². The van der Waals surface area contributed by atoms with Gasteiger partial charge in [0.25, 0.3) is 0 Å². The third kappa shape index (κ3) is 3.93. The molecule has 90 valence electrons. The van der Waals surface area contributed by atoms with E-state index in [2.05, 4.69) is 18.8 Å². The smallest absolute Gasteiger partial charge is 0.0977 e. The van der Waals surface area contributed by atoms with E-state index >= 15 is 0 Å². The van der Waals surface area contributed by atoms with Crippen molar-refractivity contribution in [1.82, 2.24) is 4.98 Å². The van der Waals surface area contributed by atoms with Crippen LogP contribution in [0.25, 0.3) is 0 Å². The van der Waals surface area contributed by atoms with Gasteiger partial charge in [-0.1, -0.05) is 49.9 Å². The third-order valence-electron chi connectivity index (χ3n) is 2.56. The normalized spacial score (nSPS) is 14.8. The minimum atomic E-state index is -0.605. The van der Waals surface area contributed by atoms with Gasteiger partial charge in [-0.3, -0.25) is 4.98 Å². The van der Waals surface area contributed by atoms with Gasteiger partial charge in [-0.25, -0.2) is 0 Å². The minimum absolute atomic E-state index is 0.434. The third-order valence-corrected chi connectivity index (χ3v) is 3.07. The lowest BCUT2D eigenvalue weighted by Gasteiger charge is -2.16. The van der Waals surface area contributed by atoms with Gasteiger partial charge in [0, 0.05) is 6.20 Å². The van der Waals surface area contributed by atoms with Gasteiger partial charge in [0.15, 0.2) is 0 Å². The predicted molar refractivity (Wildman–Crippen MR) is 67.9 cm³/mol. The molecule has 2 nitrogen and oxygen atoms in total. The van der Waals surface area contributed by atoms with E-state index < -0.39 is 6.10 Å². The zero-order valence-corrected chi connectivity index (χ0v) is 11.1. The Labute approximate surface area is 107 Å². The van der Waals surface area contributed by atoms with Crippen LogP contribution in [0.1, 0.15) is 44.9 Å². The summed E-state index contributed by atoms with van der Waals surface area (Å²) in [5, 5.41) is 10.9. The van der Waals surface area contributed by atoms with E-state index in [0.29, 0.717) is 28.1 Å². The van der Waals surface area contributed by atoms with Crippen molar-refractivity contribution in [2.24, 2.45) is 5.92 Å². The van der Waals surface area contributed by atoms with Crippen LogP contribution in [0, 0.1) is 5.92 Å². The second-order valence-electron chi connectivity index (χ2n) is 4.17. The van der Waals surface area contributed by atoms with Gasteiger partial charge < -0.3 is 5.11 Å². The van der Waals surface area contributed by atoms with Crippen molar-refractivity contribution in [3.05, 3.63) is 28.0 Å². The largest absolute Gasteiger partial charge is 0.387 e. The molecule has 16 heavy (non-hydrogen) atoms. The molecule has 2 unspecified atom stereocenters. The Hall–Kier alpha value is -0.310. The van der Waals surface area contributed by atoms with E-state index in [-0.39, 0.29) is 0 Å². The van der Waals surface area contributed by atoms with E-state index in [1.807, 2.05) is 0 Å². The number of hydrogen-bond acceptors (Lipinski definition) is 2. The molecular weight excluding hydrogens is 245 g/mol. The van der Waals surface area contributed by atoms with Crippen LogP contribution in [-0.4, -0.2) is 10.1 Å². The van der Waals surface area contributed by atoms with Crippen LogP contribution >= 0.6 is 23.2 Å². The van der Waals surface area contributed by atoms with Crippen LogP contribution in [0.4, 0.5) is 0 Å². The predicted octanol–water partition coefficient (Wildman–Crippen LogP) is 4.25. The molecule has 0 aromatic carbocycles. The lowest BCUT2D eigenvalue weighted by Crippen LogP contribution is -2.06. The first-order valence-electron chi connectivity index (χ1n) is 5.53. The first-order valence-corrected chi connectivity index (χ1v) is 6.29. The number of pyridine rings is 1. The van der Waals surface area contributed by atoms with Crippen molar-refractivity contribution in [3.63, 3.8) is 0 Å². The molecule has 0 radical (unpaired) electrons. The number of aromatic nitrogens is 1. The van der Waals surface area contributed by atoms with E-state index in [1.165, 1.54) is 6.20 Å². The summed E-state index contributed by atoms with van der Waals surface area (Å²) < 4.78 is 0. The second-order valence-corrected chi connectivity index (χ2v) is 5.01. The van der Waals surface area contributed by atoms with Gasteiger partial charge in [0.2, 0.25) is 0 Å². The maximum atomic E-state index is 10.00. The summed E-state index contributed by atoms with van der Waals surface area (Å²) in [5.41, 5.74) is 0.522. The highest BCUT2D eigenvalue weighted by molar-refractivity contribution is 6.34. The zero-order chi connectivity index (χ0) is 12.1. The van der Waals surface area contributed by atoms with Crippen LogP contribution in [0.5, 0.6) is 0 Å². The van der Waals surface area contributed by atoms with Crippen molar-refractivity contribution in [1.29, 1.82) is 0 Å². The van der Waals surface area contributed by atoms with Crippen LogP contribution < -0.4 is 0 Å². The zero-order valence-electron chi connectivity index (χ0n) is 9.58. The van der Waals surface area contributed by atoms with Gasteiger partial charge in [-0.15, -0.1) is 0 Å². The first kappa shape index (κ1) is 13.8. The lowest BCUT2D eigenvalue weighted by molar-refractivity contribution is 0.141. The highest BCUT2D eigenvalue weighted by atomic mass is 35.5. The number of aliphatic hydroxyl groups excluding tert-OH is 1. The summed E-state index contributed by atoms with van der Waals surface area (Å²) in [6.07, 6.45) is 3.81. The Morgan fingerprint density at radius 3 is 2.69 bits per heavy atom. The summed E-state index contributed by atoms with van der Waals surface area (Å²) in [5.74, 6) is 0.466. The summed E-state index contributed by atoms with van der Waals surface area (Å²) in [6, 6.07) is 1.61. The Balaban J connectivity index is 2.69. The monoisotopic (exact) mass is 261 g/mol. The standard InChI is InChI=1S/C12H17Cl2NO/c1-3-4-8(2)5-11(16)12-10(14)6-9(13)7-15-12/h6-8,11,16H,3-5H2,1-2H3. The Morgan fingerprint density at radius 2 is 2.12 bits per heavy atom. The number of nitrogens with zero attached hydrogens (tertiary/aromatic N) is 1. The quantitative estimate of drug-likeness (QED) is 0.860. The molecule has 2 atom stereocenters. The van der Waals surface area contributed by atoms with E-state index in [4.69, 9.17) is 23.2 Å². The molecule has 0 amide bonds. The van der Waals surface area contributed by atoms with Crippen LogP contribution in [0.15, 0.2) is 12.3 Å². The Kier molecular flexibility index (Phi) is 5.53. The first-order chi connectivity index (χ1) is 7.54. The highest BCUT2D eigenvalue weighted by Gasteiger charge is 2.16. The fourth-order valence-electron chi connectivity index (χ4n) is 1.77. The number of rotatable bonds is 5. The molecule has 0 fully saturated rings. The average molecular weight is 262 g/mol. The Morgan fingerprint density at radius 1 is 1.44 bits per heavy atom. The fraction of sp³-hybridized carbons (Fsp3) is 0.583. The second kappa shape index (κ2) is 6.43. The molecule has 0 spiro atoms. The van der Waals surface area contributed by atoms with Crippen LogP contribution in [0.3, 0.4) is 0 Å². The molecule has 1 N–H and O–H groups in total. The maximum Gasteiger partial charge on any atom is 0.0977 e. The van der Waals surface area contributed by atoms with Gasteiger partial charge in [-0.2, -0.15) is 0 Å². The molecule has 0 saturated heterocycles. The molecule has 4 heteroatoms. The molecular formula is C12H17Cl2NO. The van der Waals surface area contributed by atoms with Gasteiger partial charge in [0.1, 0.15) is 0 Å². The van der Waals surface area contributed by atoms with Gasteiger partial charge in [-0.05, 0) is 18.4 Å². The number of hydrogen-bond donors (Lipinski definition) is 1. The van der Waals surface area contributed by atoms with Crippen molar-refractivity contribution < 1.29 is 5.11 Å². The minimum Gasteiger partial charge on any atom is -0.387 e. The fourth-order valence-corrected chi connectivity index (χ4v) is 2.28. The van der Waals surface area contributed by atoms with Crippen molar-refractivity contribution >= 4 is 23.2 Å². The van der Waals surface area contributed by atoms with E-state index in [1.54, 1.807) is 6.07 Å². The van der Waals surface area contributed by atoms with Crippen molar-refractivity contribution in [3.8, 4) is 0 Å². The maximum absolute atomic E-state index is 10.00. The molecule has 1 heterocycles. The van der Waals surface area contributed by atoms with E-state index in [0.717, 1.165) is 12.8 Å². The SMILES string of the molecule is CCCC(C)CC(O)c1ncc(Cl)cc1Cl. The van der Waals surface area contributed by atoms with Gasteiger partial charge in [0.05, 0.1) is 21.8 Å². The topological polar surface area (TPSA) is 33.1 Å². The van der Waals surface area contributed by atoms with Crippen LogP contribution in [0.2, 0.25) is 10.0 Å². The highest BCUT2D eigenvalue weighted by Crippen LogP contribution is 2.28.